The highest BCUT2D eigenvalue weighted by atomic mass is 16.1. The van der Waals surface area contributed by atoms with E-state index in [0.717, 1.165) is 5.56 Å². The SMILES string of the molecule is CCNC(=O)Cc1ccc(-c2ccccc2)cc1. The number of carbonyl (C=O) groups excluding carboxylic acids is 1. The zero-order valence-electron chi connectivity index (χ0n) is 10.5. The molecule has 0 radical (unpaired) electrons. The van der Waals surface area contributed by atoms with Crippen LogP contribution in [0.2, 0.25) is 0 Å². The van der Waals surface area contributed by atoms with E-state index >= 15 is 0 Å². The molecule has 92 valence electrons. The minimum atomic E-state index is 0.0740. The molecule has 1 N–H and O–H groups in total. The van der Waals surface area contributed by atoms with E-state index in [9.17, 15) is 4.79 Å². The first kappa shape index (κ1) is 12.4. The van der Waals surface area contributed by atoms with Crippen molar-refractivity contribution in [2.45, 2.75) is 13.3 Å². The number of amides is 1. The van der Waals surface area contributed by atoms with E-state index in [2.05, 4.69) is 29.6 Å². The molecule has 0 unspecified atom stereocenters. The highest BCUT2D eigenvalue weighted by Crippen LogP contribution is 2.19. The number of carbonyl (C=O) groups is 1. The van der Waals surface area contributed by atoms with Gasteiger partial charge in [0, 0.05) is 6.54 Å². The molecule has 2 rings (SSSR count). The van der Waals surface area contributed by atoms with Crippen molar-refractivity contribution >= 4 is 5.91 Å². The van der Waals surface area contributed by atoms with Crippen LogP contribution in [0.15, 0.2) is 54.6 Å². The second-order valence-electron chi connectivity index (χ2n) is 4.19. The third kappa shape index (κ3) is 3.20. The van der Waals surface area contributed by atoms with Crippen molar-refractivity contribution in [3.63, 3.8) is 0 Å². The summed E-state index contributed by atoms with van der Waals surface area (Å²) >= 11 is 0. The fraction of sp³-hybridized carbons (Fsp3) is 0.188. The molecular weight excluding hydrogens is 222 g/mol. The Hall–Kier alpha value is -2.09. The van der Waals surface area contributed by atoms with Crippen LogP contribution < -0.4 is 5.32 Å². The highest BCUT2D eigenvalue weighted by molar-refractivity contribution is 5.78. The molecule has 0 saturated heterocycles. The van der Waals surface area contributed by atoms with Crippen LogP contribution in [-0.4, -0.2) is 12.5 Å². The largest absolute Gasteiger partial charge is 0.356 e. The van der Waals surface area contributed by atoms with Gasteiger partial charge in [0.05, 0.1) is 6.42 Å². The average molecular weight is 239 g/mol. The predicted octanol–water partition coefficient (Wildman–Crippen LogP) is 3.03. The summed E-state index contributed by atoms with van der Waals surface area (Å²) in [5.74, 6) is 0.0740. The standard InChI is InChI=1S/C16H17NO/c1-2-17-16(18)12-13-8-10-15(11-9-13)14-6-4-3-5-7-14/h3-11H,2,12H2,1H3,(H,17,18). The quantitative estimate of drug-likeness (QED) is 0.873. The first-order valence-electron chi connectivity index (χ1n) is 6.20. The van der Waals surface area contributed by atoms with E-state index in [-0.39, 0.29) is 5.91 Å². The van der Waals surface area contributed by atoms with Gasteiger partial charge in [-0.1, -0.05) is 54.6 Å². The predicted molar refractivity (Wildman–Crippen MR) is 74.3 cm³/mol. The van der Waals surface area contributed by atoms with Gasteiger partial charge in [0.2, 0.25) is 5.91 Å². The summed E-state index contributed by atoms with van der Waals surface area (Å²) in [5, 5.41) is 2.80. The molecule has 0 aromatic heterocycles. The van der Waals surface area contributed by atoms with Gasteiger partial charge < -0.3 is 5.32 Å². The molecule has 0 heterocycles. The summed E-state index contributed by atoms with van der Waals surface area (Å²) in [7, 11) is 0. The summed E-state index contributed by atoms with van der Waals surface area (Å²) in [5.41, 5.74) is 3.41. The van der Waals surface area contributed by atoms with E-state index < -0.39 is 0 Å². The Labute approximate surface area is 108 Å². The molecule has 0 aliphatic rings. The fourth-order valence-corrected chi connectivity index (χ4v) is 1.89. The lowest BCUT2D eigenvalue weighted by atomic mass is 10.0. The molecule has 0 aliphatic heterocycles. The van der Waals surface area contributed by atoms with Crippen LogP contribution in [0.4, 0.5) is 0 Å². The average Bonchev–Trinajstić information content (AvgIpc) is 2.41. The van der Waals surface area contributed by atoms with Crippen molar-refractivity contribution in [1.29, 1.82) is 0 Å². The number of likely N-dealkylation sites (N-methyl/N-ethyl adjacent to an activating group) is 1. The maximum absolute atomic E-state index is 11.5. The molecule has 2 aromatic carbocycles. The molecule has 2 aromatic rings. The first-order chi connectivity index (χ1) is 8.79. The second-order valence-corrected chi connectivity index (χ2v) is 4.19. The molecule has 2 heteroatoms. The van der Waals surface area contributed by atoms with Gasteiger partial charge in [-0.05, 0) is 23.6 Å². The van der Waals surface area contributed by atoms with Crippen LogP contribution in [0.5, 0.6) is 0 Å². The normalized spacial score (nSPS) is 10.1. The summed E-state index contributed by atoms with van der Waals surface area (Å²) in [4.78, 5) is 11.5. The number of hydrogen-bond acceptors (Lipinski definition) is 1. The summed E-state index contributed by atoms with van der Waals surface area (Å²) in [6.45, 7) is 2.61. The number of nitrogens with one attached hydrogen (secondary N) is 1. The van der Waals surface area contributed by atoms with Gasteiger partial charge in [0.15, 0.2) is 0 Å². The third-order valence-electron chi connectivity index (χ3n) is 2.80. The Balaban J connectivity index is 2.09. The lowest BCUT2D eigenvalue weighted by molar-refractivity contribution is -0.120. The minimum Gasteiger partial charge on any atom is -0.356 e. The van der Waals surface area contributed by atoms with Crippen LogP contribution in [-0.2, 0) is 11.2 Å². The molecular formula is C16H17NO. The molecule has 0 aliphatic carbocycles. The maximum Gasteiger partial charge on any atom is 0.224 e. The molecule has 0 atom stereocenters. The molecule has 0 spiro atoms. The van der Waals surface area contributed by atoms with E-state index in [1.54, 1.807) is 0 Å². The Kier molecular flexibility index (Phi) is 4.13. The lowest BCUT2D eigenvalue weighted by Gasteiger charge is -2.05. The Morgan fingerprint density at radius 3 is 2.17 bits per heavy atom. The van der Waals surface area contributed by atoms with Crippen molar-refractivity contribution < 1.29 is 4.79 Å². The van der Waals surface area contributed by atoms with Crippen LogP contribution in [0, 0.1) is 0 Å². The lowest BCUT2D eigenvalue weighted by Crippen LogP contribution is -2.24. The maximum atomic E-state index is 11.5. The Morgan fingerprint density at radius 2 is 1.56 bits per heavy atom. The van der Waals surface area contributed by atoms with Gasteiger partial charge in [-0.25, -0.2) is 0 Å². The molecule has 0 bridgehead atoms. The van der Waals surface area contributed by atoms with E-state index in [1.807, 2.05) is 37.3 Å². The van der Waals surface area contributed by atoms with Crippen LogP contribution in [0.25, 0.3) is 11.1 Å². The molecule has 0 fully saturated rings. The van der Waals surface area contributed by atoms with Crippen LogP contribution in [0.3, 0.4) is 0 Å². The zero-order chi connectivity index (χ0) is 12.8. The summed E-state index contributed by atoms with van der Waals surface area (Å²) in [6, 6.07) is 18.4. The second kappa shape index (κ2) is 6.01. The van der Waals surface area contributed by atoms with Crippen molar-refractivity contribution in [3.8, 4) is 11.1 Å². The van der Waals surface area contributed by atoms with E-state index in [0.29, 0.717) is 13.0 Å². The monoisotopic (exact) mass is 239 g/mol. The van der Waals surface area contributed by atoms with Crippen molar-refractivity contribution in [2.24, 2.45) is 0 Å². The van der Waals surface area contributed by atoms with Gasteiger partial charge in [-0.3, -0.25) is 4.79 Å². The van der Waals surface area contributed by atoms with Crippen molar-refractivity contribution in [1.82, 2.24) is 5.32 Å². The van der Waals surface area contributed by atoms with Crippen LogP contribution >= 0.6 is 0 Å². The third-order valence-corrected chi connectivity index (χ3v) is 2.80. The minimum absolute atomic E-state index is 0.0740. The molecule has 1 amide bonds. The van der Waals surface area contributed by atoms with Gasteiger partial charge >= 0.3 is 0 Å². The Bertz CT molecular complexity index is 502. The van der Waals surface area contributed by atoms with Gasteiger partial charge in [0.25, 0.3) is 0 Å². The number of rotatable bonds is 4. The van der Waals surface area contributed by atoms with E-state index in [1.165, 1.54) is 11.1 Å². The van der Waals surface area contributed by atoms with Gasteiger partial charge in [-0.15, -0.1) is 0 Å². The molecule has 18 heavy (non-hydrogen) atoms. The van der Waals surface area contributed by atoms with Crippen molar-refractivity contribution in [3.05, 3.63) is 60.2 Å². The molecule has 0 saturated carbocycles. The van der Waals surface area contributed by atoms with Gasteiger partial charge in [0.1, 0.15) is 0 Å². The van der Waals surface area contributed by atoms with E-state index in [4.69, 9.17) is 0 Å². The zero-order valence-corrected chi connectivity index (χ0v) is 10.5. The van der Waals surface area contributed by atoms with Gasteiger partial charge in [-0.2, -0.15) is 0 Å². The molecule has 2 nitrogen and oxygen atoms in total. The first-order valence-corrected chi connectivity index (χ1v) is 6.20. The van der Waals surface area contributed by atoms with Crippen LogP contribution in [0.1, 0.15) is 12.5 Å². The fourth-order valence-electron chi connectivity index (χ4n) is 1.89. The summed E-state index contributed by atoms with van der Waals surface area (Å²) < 4.78 is 0. The Morgan fingerprint density at radius 1 is 0.944 bits per heavy atom. The smallest absolute Gasteiger partial charge is 0.224 e. The summed E-state index contributed by atoms with van der Waals surface area (Å²) in [6.07, 6.45) is 0.447. The highest BCUT2D eigenvalue weighted by Gasteiger charge is 2.02. The number of hydrogen-bond donors (Lipinski definition) is 1. The number of benzene rings is 2. The topological polar surface area (TPSA) is 29.1 Å². The van der Waals surface area contributed by atoms with Crippen molar-refractivity contribution in [2.75, 3.05) is 6.54 Å².